The topological polar surface area (TPSA) is 79.6 Å². The van der Waals surface area contributed by atoms with Gasteiger partial charge in [0.2, 0.25) is 0 Å². The molecule has 6 heteroatoms. The van der Waals surface area contributed by atoms with Crippen LogP contribution in [0.4, 0.5) is 0 Å². The van der Waals surface area contributed by atoms with Gasteiger partial charge in [0.25, 0.3) is 0 Å². The number of carboxylic acid groups (broad SMARTS) is 1. The van der Waals surface area contributed by atoms with E-state index in [0.29, 0.717) is 17.4 Å². The van der Waals surface area contributed by atoms with Crippen LogP contribution in [0.25, 0.3) is 0 Å². The standard InChI is InChI=1S/C28H49NO5/c1-7-17-25-22(2)23(3)26(34-25)18-15-13-11-9-8-10-12-14-16-19-28(32)33-24(20-27(30)31)21-29(4,5)6/h24H,7-21H2,1-6H3. The lowest BCUT2D eigenvalue weighted by Crippen LogP contribution is -2.45. The number of ether oxygens (including phenoxy) is 1. The van der Waals surface area contributed by atoms with E-state index in [1.54, 1.807) is 0 Å². The fraction of sp³-hybridized carbons (Fsp3) is 0.786. The molecule has 6 nitrogen and oxygen atoms in total. The zero-order valence-electron chi connectivity index (χ0n) is 22.7. The summed E-state index contributed by atoms with van der Waals surface area (Å²) in [4.78, 5) is 23.0. The number of carbonyl (C=O) groups is 2. The molecule has 1 unspecified atom stereocenters. The largest absolute Gasteiger partial charge is 0.550 e. The zero-order valence-corrected chi connectivity index (χ0v) is 22.7. The second-order valence-corrected chi connectivity index (χ2v) is 10.8. The van der Waals surface area contributed by atoms with Gasteiger partial charge in [0.05, 0.1) is 21.1 Å². The molecule has 196 valence electrons. The summed E-state index contributed by atoms with van der Waals surface area (Å²) < 4.78 is 12.0. The van der Waals surface area contributed by atoms with Gasteiger partial charge in [-0.15, -0.1) is 0 Å². The molecule has 1 atom stereocenters. The van der Waals surface area contributed by atoms with E-state index in [1.165, 1.54) is 61.2 Å². The molecule has 1 heterocycles. The maximum atomic E-state index is 12.1. The number of likely N-dealkylation sites (N-methyl/N-ethyl adjacent to an activating group) is 1. The van der Waals surface area contributed by atoms with Gasteiger partial charge in [-0.2, -0.15) is 0 Å². The van der Waals surface area contributed by atoms with Crippen molar-refractivity contribution in [2.24, 2.45) is 0 Å². The van der Waals surface area contributed by atoms with Gasteiger partial charge in [-0.25, -0.2) is 0 Å². The van der Waals surface area contributed by atoms with Gasteiger partial charge in [0.1, 0.15) is 18.1 Å². The molecule has 0 bridgehead atoms. The minimum absolute atomic E-state index is 0.248. The van der Waals surface area contributed by atoms with Crippen molar-refractivity contribution >= 4 is 11.9 Å². The second-order valence-electron chi connectivity index (χ2n) is 10.8. The third kappa shape index (κ3) is 13.2. The van der Waals surface area contributed by atoms with Crippen LogP contribution in [-0.4, -0.2) is 50.2 Å². The first-order valence-electron chi connectivity index (χ1n) is 13.3. The average molecular weight is 480 g/mol. The summed E-state index contributed by atoms with van der Waals surface area (Å²) in [6.07, 6.45) is 13.0. The number of hydrogen-bond acceptors (Lipinski definition) is 5. The van der Waals surface area contributed by atoms with E-state index < -0.39 is 12.1 Å². The van der Waals surface area contributed by atoms with Crippen molar-refractivity contribution in [2.75, 3.05) is 27.7 Å². The highest BCUT2D eigenvalue weighted by Crippen LogP contribution is 2.24. The van der Waals surface area contributed by atoms with Crippen LogP contribution < -0.4 is 5.11 Å². The van der Waals surface area contributed by atoms with E-state index in [9.17, 15) is 14.7 Å². The van der Waals surface area contributed by atoms with Crippen LogP contribution in [0.1, 0.15) is 107 Å². The van der Waals surface area contributed by atoms with Crippen molar-refractivity contribution in [2.45, 2.75) is 117 Å². The molecule has 1 rings (SSSR count). The Balaban J connectivity index is 2.07. The lowest BCUT2D eigenvalue weighted by Gasteiger charge is -2.29. The first kappa shape index (κ1) is 30.2. The van der Waals surface area contributed by atoms with Gasteiger partial charge >= 0.3 is 5.97 Å². The number of hydrogen-bond donors (Lipinski definition) is 0. The molecule has 0 saturated heterocycles. The number of nitrogens with zero attached hydrogens (tertiary/aromatic N) is 1. The van der Waals surface area contributed by atoms with Gasteiger partial charge in [-0.1, -0.05) is 51.9 Å². The molecule has 0 aliphatic carbocycles. The molecule has 0 aromatic carbocycles. The maximum absolute atomic E-state index is 12.1. The monoisotopic (exact) mass is 479 g/mol. The van der Waals surface area contributed by atoms with Crippen LogP contribution in [0.3, 0.4) is 0 Å². The predicted octanol–water partition coefficient (Wildman–Crippen LogP) is 5.05. The summed E-state index contributed by atoms with van der Waals surface area (Å²) in [5.74, 6) is 0.870. The molecule has 0 amide bonds. The number of aliphatic carboxylic acids is 1. The van der Waals surface area contributed by atoms with E-state index in [2.05, 4.69) is 20.8 Å². The van der Waals surface area contributed by atoms with E-state index in [1.807, 2.05) is 21.1 Å². The number of rotatable bonds is 19. The van der Waals surface area contributed by atoms with E-state index in [4.69, 9.17) is 9.15 Å². The Morgan fingerprint density at radius 2 is 1.35 bits per heavy atom. The Morgan fingerprint density at radius 1 is 0.853 bits per heavy atom. The van der Waals surface area contributed by atoms with Gasteiger partial charge in [-0.05, 0) is 44.2 Å². The van der Waals surface area contributed by atoms with E-state index in [-0.39, 0.29) is 12.4 Å². The van der Waals surface area contributed by atoms with Gasteiger partial charge in [0.15, 0.2) is 6.10 Å². The van der Waals surface area contributed by atoms with Crippen molar-refractivity contribution in [1.82, 2.24) is 0 Å². The number of carbonyl (C=O) groups excluding carboxylic acids is 2. The average Bonchev–Trinajstić information content (AvgIpc) is 2.98. The molecular weight excluding hydrogens is 430 g/mol. The highest BCUT2D eigenvalue weighted by Gasteiger charge is 2.22. The molecule has 0 aliphatic heterocycles. The molecule has 34 heavy (non-hydrogen) atoms. The lowest BCUT2D eigenvalue weighted by atomic mass is 10.0. The zero-order chi connectivity index (χ0) is 25.6. The molecule has 0 spiro atoms. The number of furan rings is 1. The van der Waals surface area contributed by atoms with Crippen LogP contribution in [0.2, 0.25) is 0 Å². The van der Waals surface area contributed by atoms with E-state index >= 15 is 0 Å². The Kier molecular flexibility index (Phi) is 14.2. The maximum Gasteiger partial charge on any atom is 0.306 e. The van der Waals surface area contributed by atoms with Crippen molar-refractivity contribution in [3.05, 3.63) is 22.6 Å². The summed E-state index contributed by atoms with van der Waals surface area (Å²) in [6.45, 7) is 7.01. The van der Waals surface area contributed by atoms with Crippen molar-refractivity contribution in [1.29, 1.82) is 0 Å². The van der Waals surface area contributed by atoms with Crippen molar-refractivity contribution in [3.63, 3.8) is 0 Å². The van der Waals surface area contributed by atoms with Crippen LogP contribution in [-0.2, 0) is 27.2 Å². The fourth-order valence-electron chi connectivity index (χ4n) is 4.40. The summed E-state index contributed by atoms with van der Waals surface area (Å²) in [5, 5.41) is 10.9. The summed E-state index contributed by atoms with van der Waals surface area (Å²) in [7, 11) is 5.83. The fourth-order valence-corrected chi connectivity index (χ4v) is 4.40. The van der Waals surface area contributed by atoms with Crippen LogP contribution in [0, 0.1) is 13.8 Å². The van der Waals surface area contributed by atoms with Crippen LogP contribution >= 0.6 is 0 Å². The quantitative estimate of drug-likeness (QED) is 0.158. The first-order chi connectivity index (χ1) is 16.0. The lowest BCUT2D eigenvalue weighted by molar-refractivity contribution is -0.873. The number of carboxylic acids is 1. The minimum atomic E-state index is -1.18. The molecule has 1 aromatic heterocycles. The SMILES string of the molecule is CCCc1oc(CCCCCCCCCCCC(=O)OC(CC(=O)[O-])C[N+](C)(C)C)c(C)c1C. The first-order valence-corrected chi connectivity index (χ1v) is 13.3. The molecule has 0 N–H and O–H groups in total. The van der Waals surface area contributed by atoms with Gasteiger partial charge in [-0.3, -0.25) is 4.79 Å². The molecule has 0 aliphatic rings. The Morgan fingerprint density at radius 3 is 1.85 bits per heavy atom. The highest BCUT2D eigenvalue weighted by atomic mass is 16.5. The van der Waals surface area contributed by atoms with Gasteiger partial charge in [0, 0.05) is 31.7 Å². The Bertz CT molecular complexity index is 732. The van der Waals surface area contributed by atoms with Crippen LogP contribution in [0.5, 0.6) is 0 Å². The summed E-state index contributed by atoms with van der Waals surface area (Å²) in [6, 6.07) is 0. The summed E-state index contributed by atoms with van der Waals surface area (Å²) >= 11 is 0. The summed E-state index contributed by atoms with van der Waals surface area (Å²) in [5.41, 5.74) is 2.68. The molecular formula is C28H49NO5. The predicted molar refractivity (Wildman–Crippen MR) is 134 cm³/mol. The number of unbranched alkanes of at least 4 members (excludes halogenated alkanes) is 8. The third-order valence-corrected chi connectivity index (χ3v) is 6.35. The Hall–Kier alpha value is -1.82. The second kappa shape index (κ2) is 16.0. The van der Waals surface area contributed by atoms with Crippen molar-refractivity contribution in [3.8, 4) is 0 Å². The van der Waals surface area contributed by atoms with E-state index in [0.717, 1.165) is 38.5 Å². The number of quaternary nitrogens is 1. The number of esters is 1. The highest BCUT2D eigenvalue weighted by molar-refractivity contribution is 5.70. The van der Waals surface area contributed by atoms with Crippen molar-refractivity contribution < 1.29 is 28.3 Å². The molecule has 0 fully saturated rings. The number of aryl methyl sites for hydroxylation is 2. The third-order valence-electron chi connectivity index (χ3n) is 6.35. The van der Waals surface area contributed by atoms with Crippen LogP contribution in [0.15, 0.2) is 4.42 Å². The molecule has 0 radical (unpaired) electrons. The minimum Gasteiger partial charge on any atom is -0.550 e. The normalized spacial score (nSPS) is 12.6. The smallest absolute Gasteiger partial charge is 0.306 e. The molecule has 1 aromatic rings. The van der Waals surface area contributed by atoms with Gasteiger partial charge < -0.3 is 23.5 Å². The molecule has 0 saturated carbocycles. The Labute approximate surface area is 207 Å².